The van der Waals surface area contributed by atoms with Gasteiger partial charge >= 0.3 is 0 Å². The van der Waals surface area contributed by atoms with E-state index in [1.807, 2.05) is 6.07 Å². The molecule has 5 nitrogen and oxygen atoms in total. The van der Waals surface area contributed by atoms with Crippen LogP contribution in [0.3, 0.4) is 0 Å². The summed E-state index contributed by atoms with van der Waals surface area (Å²) in [6.45, 7) is 6.75. The lowest BCUT2D eigenvalue weighted by atomic mass is 10.4. The highest BCUT2D eigenvalue weighted by Gasteiger charge is 2.29. The molecule has 0 bridgehead atoms. The van der Waals surface area contributed by atoms with E-state index in [9.17, 15) is 8.42 Å². The molecule has 7 heteroatoms. The van der Waals surface area contributed by atoms with Crippen molar-refractivity contribution in [2.75, 3.05) is 32.7 Å². The Morgan fingerprint density at radius 2 is 2.00 bits per heavy atom. The van der Waals surface area contributed by atoms with E-state index >= 15 is 0 Å². The normalized spacial score (nSPS) is 21.8. The van der Waals surface area contributed by atoms with E-state index in [1.54, 1.807) is 9.69 Å². The molecule has 0 amide bonds. The molecule has 2 aliphatic rings. The molecule has 1 aliphatic heterocycles. The van der Waals surface area contributed by atoms with E-state index in [2.05, 4.69) is 17.1 Å². The van der Waals surface area contributed by atoms with E-state index in [-0.39, 0.29) is 0 Å². The van der Waals surface area contributed by atoms with E-state index < -0.39 is 10.0 Å². The fourth-order valence-corrected chi connectivity index (χ4v) is 5.19. The van der Waals surface area contributed by atoms with E-state index in [0.29, 0.717) is 24.0 Å². The van der Waals surface area contributed by atoms with Crippen molar-refractivity contribution in [2.45, 2.75) is 37.2 Å². The number of sulfonamides is 1. The largest absolute Gasteiger partial charge is 0.309 e. The number of rotatable bonds is 6. The number of nitrogens with one attached hydrogen (secondary N) is 1. The number of thiophene rings is 1. The van der Waals surface area contributed by atoms with Crippen molar-refractivity contribution in [3.63, 3.8) is 0 Å². The maximum atomic E-state index is 12.6. The molecule has 21 heavy (non-hydrogen) atoms. The van der Waals surface area contributed by atoms with Crippen LogP contribution < -0.4 is 5.32 Å². The number of hydrogen-bond donors (Lipinski definition) is 1. The highest BCUT2D eigenvalue weighted by molar-refractivity contribution is 7.89. The highest BCUT2D eigenvalue weighted by Crippen LogP contribution is 2.25. The van der Waals surface area contributed by atoms with Gasteiger partial charge in [-0.1, -0.05) is 6.92 Å². The second-order valence-corrected chi connectivity index (χ2v) is 8.68. The van der Waals surface area contributed by atoms with E-state index in [0.717, 1.165) is 31.1 Å². The lowest BCUT2D eigenvalue weighted by Crippen LogP contribution is -2.48. The first-order valence-corrected chi connectivity index (χ1v) is 9.95. The Bertz CT molecular complexity index is 573. The molecule has 1 saturated heterocycles. The zero-order chi connectivity index (χ0) is 14.9. The molecule has 0 unspecified atom stereocenters. The summed E-state index contributed by atoms with van der Waals surface area (Å²) in [5.41, 5.74) is 0. The van der Waals surface area contributed by atoms with Crippen LogP contribution >= 0.6 is 11.3 Å². The van der Waals surface area contributed by atoms with Gasteiger partial charge in [-0.2, -0.15) is 4.31 Å². The maximum absolute atomic E-state index is 12.6. The maximum Gasteiger partial charge on any atom is 0.243 e. The minimum absolute atomic E-state index is 0.463. The smallest absolute Gasteiger partial charge is 0.243 e. The van der Waals surface area contributed by atoms with Crippen LogP contribution in [0.5, 0.6) is 0 Å². The summed E-state index contributed by atoms with van der Waals surface area (Å²) < 4.78 is 26.9. The monoisotopic (exact) mass is 329 g/mol. The van der Waals surface area contributed by atoms with Gasteiger partial charge in [-0.3, -0.25) is 0 Å². The van der Waals surface area contributed by atoms with E-state index in [4.69, 9.17) is 0 Å². The Morgan fingerprint density at radius 1 is 1.29 bits per heavy atom. The molecule has 0 radical (unpaired) electrons. The summed E-state index contributed by atoms with van der Waals surface area (Å²) in [6.07, 6.45) is 2.50. The Morgan fingerprint density at radius 3 is 2.62 bits per heavy atom. The Kier molecular flexibility index (Phi) is 4.66. The number of piperazine rings is 1. The number of nitrogens with zero attached hydrogens (tertiary/aromatic N) is 2. The predicted molar refractivity (Wildman–Crippen MR) is 85.1 cm³/mol. The van der Waals surface area contributed by atoms with Gasteiger partial charge in [0.15, 0.2) is 0 Å². The van der Waals surface area contributed by atoms with Crippen LogP contribution in [0.2, 0.25) is 0 Å². The molecule has 2 heterocycles. The van der Waals surface area contributed by atoms with Crippen LogP contribution in [0, 0.1) is 0 Å². The lowest BCUT2D eigenvalue weighted by molar-refractivity contribution is 0.196. The fourth-order valence-electron chi connectivity index (χ4n) is 2.56. The van der Waals surface area contributed by atoms with Crippen LogP contribution in [-0.4, -0.2) is 56.4 Å². The summed E-state index contributed by atoms with van der Waals surface area (Å²) >= 11 is 1.54. The van der Waals surface area contributed by atoms with Gasteiger partial charge in [0.2, 0.25) is 10.0 Å². The molecule has 1 aliphatic carbocycles. The van der Waals surface area contributed by atoms with Gasteiger partial charge in [-0.25, -0.2) is 8.42 Å². The zero-order valence-electron chi connectivity index (χ0n) is 12.4. The Labute approximate surface area is 131 Å². The molecule has 1 aromatic heterocycles. The van der Waals surface area contributed by atoms with Gasteiger partial charge in [-0.15, -0.1) is 11.3 Å². The first-order valence-electron chi connectivity index (χ1n) is 7.63. The summed E-state index contributed by atoms with van der Waals surface area (Å²) in [7, 11) is -3.31. The molecule has 0 atom stereocenters. The third kappa shape index (κ3) is 3.65. The summed E-state index contributed by atoms with van der Waals surface area (Å²) in [6, 6.07) is 2.48. The SMILES string of the molecule is CCN1CCN(S(=O)(=O)c2csc(CNC3CC3)c2)CC1. The highest BCUT2D eigenvalue weighted by atomic mass is 32.2. The van der Waals surface area contributed by atoms with Gasteiger partial charge in [0, 0.05) is 49.0 Å². The summed E-state index contributed by atoms with van der Waals surface area (Å²) in [5.74, 6) is 0. The number of hydrogen-bond acceptors (Lipinski definition) is 5. The quantitative estimate of drug-likeness (QED) is 0.855. The van der Waals surface area contributed by atoms with Gasteiger partial charge in [0.1, 0.15) is 0 Å². The molecule has 1 saturated carbocycles. The predicted octanol–water partition coefficient (Wildman–Crippen LogP) is 1.33. The zero-order valence-corrected chi connectivity index (χ0v) is 14.0. The third-order valence-electron chi connectivity index (χ3n) is 4.19. The molecule has 1 aromatic rings. The molecular weight excluding hydrogens is 306 g/mol. The lowest BCUT2D eigenvalue weighted by Gasteiger charge is -2.32. The first kappa shape index (κ1) is 15.4. The van der Waals surface area contributed by atoms with Crippen LogP contribution in [0.4, 0.5) is 0 Å². The standard InChI is InChI=1S/C14H23N3O2S2/c1-2-16-5-7-17(8-6-16)21(18,19)14-9-13(20-11-14)10-15-12-3-4-12/h9,11-12,15H,2-8,10H2,1H3. The topological polar surface area (TPSA) is 52.7 Å². The van der Waals surface area contributed by atoms with Crippen molar-refractivity contribution < 1.29 is 8.42 Å². The Hall–Kier alpha value is -0.470. The van der Waals surface area contributed by atoms with Crippen molar-refractivity contribution in [3.05, 3.63) is 16.3 Å². The number of likely N-dealkylation sites (N-methyl/N-ethyl adjacent to an activating group) is 1. The van der Waals surface area contributed by atoms with Gasteiger partial charge in [-0.05, 0) is 25.5 Å². The van der Waals surface area contributed by atoms with Crippen LogP contribution in [-0.2, 0) is 16.6 Å². The molecule has 0 spiro atoms. The molecule has 2 fully saturated rings. The van der Waals surface area contributed by atoms with Crippen molar-refractivity contribution in [1.29, 1.82) is 0 Å². The molecule has 0 aromatic carbocycles. The van der Waals surface area contributed by atoms with Crippen molar-refractivity contribution in [1.82, 2.24) is 14.5 Å². The van der Waals surface area contributed by atoms with E-state index in [1.165, 1.54) is 24.2 Å². The first-order chi connectivity index (χ1) is 10.1. The molecule has 118 valence electrons. The van der Waals surface area contributed by atoms with Crippen LogP contribution in [0.1, 0.15) is 24.6 Å². The minimum Gasteiger partial charge on any atom is -0.309 e. The van der Waals surface area contributed by atoms with Gasteiger partial charge < -0.3 is 10.2 Å². The van der Waals surface area contributed by atoms with Crippen molar-refractivity contribution >= 4 is 21.4 Å². The van der Waals surface area contributed by atoms with Crippen molar-refractivity contribution in [2.24, 2.45) is 0 Å². The van der Waals surface area contributed by atoms with Crippen molar-refractivity contribution in [3.8, 4) is 0 Å². The van der Waals surface area contributed by atoms with Gasteiger partial charge in [0.05, 0.1) is 4.90 Å². The third-order valence-corrected chi connectivity index (χ3v) is 7.15. The van der Waals surface area contributed by atoms with Crippen LogP contribution in [0.25, 0.3) is 0 Å². The average molecular weight is 329 g/mol. The Balaban J connectivity index is 1.63. The molecule has 3 rings (SSSR count). The van der Waals surface area contributed by atoms with Gasteiger partial charge in [0.25, 0.3) is 0 Å². The second kappa shape index (κ2) is 6.34. The minimum atomic E-state index is -3.31. The summed E-state index contributed by atoms with van der Waals surface area (Å²) in [5, 5.41) is 5.21. The molecular formula is C14H23N3O2S2. The second-order valence-electron chi connectivity index (χ2n) is 5.74. The van der Waals surface area contributed by atoms with Crippen LogP contribution in [0.15, 0.2) is 16.3 Å². The molecule has 1 N–H and O–H groups in total. The fraction of sp³-hybridized carbons (Fsp3) is 0.714. The average Bonchev–Trinajstić information content (AvgIpc) is 3.21. The summed E-state index contributed by atoms with van der Waals surface area (Å²) in [4.78, 5) is 3.85.